The molecule has 0 amide bonds. The molecule has 2 aromatic heterocycles. The van der Waals surface area contributed by atoms with E-state index in [2.05, 4.69) is 36.1 Å². The van der Waals surface area contributed by atoms with Gasteiger partial charge in [-0.05, 0) is 56.1 Å². The van der Waals surface area contributed by atoms with Crippen molar-refractivity contribution in [1.29, 1.82) is 5.26 Å². The quantitative estimate of drug-likeness (QED) is 0.534. The Labute approximate surface area is 180 Å². The number of hydrogen-bond acceptors (Lipinski definition) is 9. The van der Waals surface area contributed by atoms with Crippen molar-refractivity contribution >= 4 is 17.3 Å². The first-order valence-corrected chi connectivity index (χ1v) is 10.2. The van der Waals surface area contributed by atoms with E-state index < -0.39 is 0 Å². The summed E-state index contributed by atoms with van der Waals surface area (Å²) in [7, 11) is 1.65. The number of ether oxygens (including phenoxy) is 1. The van der Waals surface area contributed by atoms with E-state index in [0.717, 1.165) is 55.2 Å². The van der Waals surface area contributed by atoms with E-state index in [-0.39, 0.29) is 5.69 Å². The lowest BCUT2D eigenvalue weighted by Gasteiger charge is -2.24. The molecular weight excluding hydrogens is 392 g/mol. The SMILES string of the molecule is COc1ccc(-c2nnc(Nc3cnc(C#N)cn3)cc2NCC2CCNCC2)cc1. The van der Waals surface area contributed by atoms with Crippen LogP contribution in [0.5, 0.6) is 5.75 Å². The number of benzene rings is 1. The minimum Gasteiger partial charge on any atom is -0.497 e. The van der Waals surface area contributed by atoms with Gasteiger partial charge in [0.25, 0.3) is 0 Å². The molecule has 9 heteroatoms. The molecule has 3 heterocycles. The van der Waals surface area contributed by atoms with E-state index in [9.17, 15) is 0 Å². The Morgan fingerprint density at radius 2 is 1.90 bits per heavy atom. The Balaban J connectivity index is 1.58. The number of nitrogens with zero attached hydrogens (tertiary/aromatic N) is 5. The molecule has 1 fully saturated rings. The smallest absolute Gasteiger partial charge is 0.158 e. The van der Waals surface area contributed by atoms with E-state index in [1.807, 2.05) is 36.4 Å². The molecule has 0 spiro atoms. The summed E-state index contributed by atoms with van der Waals surface area (Å²) in [6.07, 6.45) is 5.21. The van der Waals surface area contributed by atoms with Gasteiger partial charge in [0.2, 0.25) is 0 Å². The van der Waals surface area contributed by atoms with Crippen LogP contribution in [0.2, 0.25) is 0 Å². The second-order valence-corrected chi connectivity index (χ2v) is 7.32. The highest BCUT2D eigenvalue weighted by molar-refractivity contribution is 5.76. The van der Waals surface area contributed by atoms with Crippen molar-refractivity contribution in [3.63, 3.8) is 0 Å². The third-order valence-corrected chi connectivity index (χ3v) is 5.22. The number of rotatable bonds is 7. The Bertz CT molecular complexity index is 1040. The predicted octanol–water partition coefficient (Wildman–Crippen LogP) is 2.97. The molecule has 158 valence electrons. The van der Waals surface area contributed by atoms with Gasteiger partial charge in [0.05, 0.1) is 25.2 Å². The van der Waals surface area contributed by atoms with E-state index in [0.29, 0.717) is 17.6 Å². The Morgan fingerprint density at radius 3 is 2.58 bits per heavy atom. The van der Waals surface area contributed by atoms with Gasteiger partial charge in [0, 0.05) is 18.2 Å². The summed E-state index contributed by atoms with van der Waals surface area (Å²) in [4.78, 5) is 8.22. The molecule has 1 aromatic carbocycles. The summed E-state index contributed by atoms with van der Waals surface area (Å²) in [5.41, 5.74) is 2.87. The summed E-state index contributed by atoms with van der Waals surface area (Å²) in [6, 6.07) is 11.6. The molecule has 0 saturated carbocycles. The highest BCUT2D eigenvalue weighted by Gasteiger charge is 2.15. The van der Waals surface area contributed by atoms with Crippen LogP contribution in [0.3, 0.4) is 0 Å². The first-order chi connectivity index (χ1) is 15.2. The molecule has 4 rings (SSSR count). The van der Waals surface area contributed by atoms with Gasteiger partial charge in [-0.15, -0.1) is 10.2 Å². The van der Waals surface area contributed by atoms with Crippen LogP contribution in [0, 0.1) is 17.2 Å². The molecular formula is C22H24N8O. The van der Waals surface area contributed by atoms with Gasteiger partial charge in [-0.2, -0.15) is 5.26 Å². The van der Waals surface area contributed by atoms with Gasteiger partial charge >= 0.3 is 0 Å². The van der Waals surface area contributed by atoms with Crippen LogP contribution in [0.4, 0.5) is 17.3 Å². The fourth-order valence-electron chi connectivity index (χ4n) is 3.47. The third kappa shape index (κ3) is 5.24. The van der Waals surface area contributed by atoms with Crippen molar-refractivity contribution in [1.82, 2.24) is 25.5 Å². The van der Waals surface area contributed by atoms with Crippen molar-refractivity contribution < 1.29 is 4.74 Å². The molecule has 1 aliphatic heterocycles. The van der Waals surface area contributed by atoms with Crippen LogP contribution in [-0.4, -0.2) is 46.9 Å². The zero-order valence-corrected chi connectivity index (χ0v) is 17.3. The fourth-order valence-corrected chi connectivity index (χ4v) is 3.47. The zero-order valence-electron chi connectivity index (χ0n) is 17.3. The van der Waals surface area contributed by atoms with Crippen LogP contribution in [-0.2, 0) is 0 Å². The van der Waals surface area contributed by atoms with Gasteiger partial charge < -0.3 is 20.7 Å². The number of piperidine rings is 1. The van der Waals surface area contributed by atoms with Crippen LogP contribution in [0.25, 0.3) is 11.3 Å². The maximum Gasteiger partial charge on any atom is 0.158 e. The number of methoxy groups -OCH3 is 1. The van der Waals surface area contributed by atoms with E-state index in [4.69, 9.17) is 10.00 Å². The largest absolute Gasteiger partial charge is 0.497 e. The van der Waals surface area contributed by atoms with Crippen molar-refractivity contribution in [2.75, 3.05) is 37.4 Å². The molecule has 1 saturated heterocycles. The third-order valence-electron chi connectivity index (χ3n) is 5.22. The molecule has 0 unspecified atom stereocenters. The topological polar surface area (TPSA) is 121 Å². The Morgan fingerprint density at radius 1 is 1.10 bits per heavy atom. The summed E-state index contributed by atoms with van der Waals surface area (Å²) in [5, 5.41) is 27.7. The van der Waals surface area contributed by atoms with Crippen LogP contribution in [0.1, 0.15) is 18.5 Å². The van der Waals surface area contributed by atoms with Crippen molar-refractivity contribution in [2.24, 2.45) is 5.92 Å². The Kier molecular flexibility index (Phi) is 6.50. The summed E-state index contributed by atoms with van der Waals surface area (Å²) in [6.45, 7) is 2.97. The second-order valence-electron chi connectivity index (χ2n) is 7.32. The van der Waals surface area contributed by atoms with Crippen LogP contribution in [0.15, 0.2) is 42.7 Å². The molecule has 1 aliphatic rings. The molecule has 0 aliphatic carbocycles. The highest BCUT2D eigenvalue weighted by atomic mass is 16.5. The van der Waals surface area contributed by atoms with E-state index >= 15 is 0 Å². The fraction of sp³-hybridized carbons (Fsp3) is 0.318. The first kappa shape index (κ1) is 20.5. The average molecular weight is 416 g/mol. The lowest BCUT2D eigenvalue weighted by atomic mass is 9.98. The van der Waals surface area contributed by atoms with Crippen LogP contribution >= 0.6 is 0 Å². The maximum absolute atomic E-state index is 8.88. The van der Waals surface area contributed by atoms with E-state index in [1.54, 1.807) is 7.11 Å². The standard InChI is InChI=1S/C22H24N8O/c1-31-18-4-2-16(3-5-18)22-19(26-12-15-6-8-24-9-7-15)10-20(29-30-22)28-21-14-25-17(11-23)13-27-21/h2-5,10,13-15,24H,6-9,12H2,1H3,(H2,26,27,28,29). The average Bonchev–Trinajstić information content (AvgIpc) is 2.84. The molecule has 3 N–H and O–H groups in total. The first-order valence-electron chi connectivity index (χ1n) is 10.2. The number of nitriles is 1. The predicted molar refractivity (Wildman–Crippen MR) is 118 cm³/mol. The number of aromatic nitrogens is 4. The Hall–Kier alpha value is -3.77. The van der Waals surface area contributed by atoms with Crippen molar-refractivity contribution in [3.05, 3.63) is 48.4 Å². The monoisotopic (exact) mass is 416 g/mol. The van der Waals surface area contributed by atoms with Gasteiger partial charge in [0.15, 0.2) is 11.5 Å². The summed E-state index contributed by atoms with van der Waals surface area (Å²) >= 11 is 0. The van der Waals surface area contributed by atoms with Gasteiger partial charge in [0.1, 0.15) is 23.3 Å². The molecule has 3 aromatic rings. The molecule has 9 nitrogen and oxygen atoms in total. The summed E-state index contributed by atoms with van der Waals surface area (Å²) in [5.74, 6) is 2.44. The van der Waals surface area contributed by atoms with Gasteiger partial charge in [-0.1, -0.05) is 0 Å². The van der Waals surface area contributed by atoms with E-state index in [1.165, 1.54) is 12.4 Å². The second kappa shape index (κ2) is 9.82. The molecule has 0 atom stereocenters. The van der Waals surface area contributed by atoms with Crippen molar-refractivity contribution in [3.8, 4) is 23.1 Å². The summed E-state index contributed by atoms with van der Waals surface area (Å²) < 4.78 is 5.26. The lowest BCUT2D eigenvalue weighted by molar-refractivity contribution is 0.390. The number of anilines is 3. The van der Waals surface area contributed by atoms with Gasteiger partial charge in [-0.3, -0.25) is 0 Å². The number of hydrogen-bond donors (Lipinski definition) is 3. The normalized spacial score (nSPS) is 13.9. The lowest BCUT2D eigenvalue weighted by Crippen LogP contribution is -2.31. The highest BCUT2D eigenvalue weighted by Crippen LogP contribution is 2.29. The molecule has 0 radical (unpaired) electrons. The molecule has 0 bridgehead atoms. The van der Waals surface area contributed by atoms with Crippen molar-refractivity contribution in [2.45, 2.75) is 12.8 Å². The zero-order chi connectivity index (χ0) is 21.5. The van der Waals surface area contributed by atoms with Gasteiger partial charge in [-0.25, -0.2) is 9.97 Å². The molecule has 31 heavy (non-hydrogen) atoms. The minimum absolute atomic E-state index is 0.260. The minimum atomic E-state index is 0.260. The number of nitrogens with one attached hydrogen (secondary N) is 3. The van der Waals surface area contributed by atoms with Crippen LogP contribution < -0.4 is 20.7 Å². The maximum atomic E-state index is 8.88.